The Balaban J connectivity index is 2.86. The maximum absolute atomic E-state index is 12.0. The second-order valence-electron chi connectivity index (χ2n) is 4.27. The van der Waals surface area contributed by atoms with E-state index in [1.807, 2.05) is 0 Å². The lowest BCUT2D eigenvalue weighted by Crippen LogP contribution is -2.40. The first-order valence-corrected chi connectivity index (χ1v) is 6.56. The van der Waals surface area contributed by atoms with Crippen LogP contribution in [0.15, 0.2) is 18.2 Å². The number of hydrogen-bond donors (Lipinski definition) is 2. The minimum absolute atomic E-state index is 0.0848. The fourth-order valence-corrected chi connectivity index (χ4v) is 1.68. The zero-order valence-corrected chi connectivity index (χ0v) is 12.5. The van der Waals surface area contributed by atoms with Gasteiger partial charge in [-0.2, -0.15) is 0 Å². The summed E-state index contributed by atoms with van der Waals surface area (Å²) in [6.07, 6.45) is 0.723. The smallest absolute Gasteiger partial charge is 0.318 e. The largest absolute Gasteiger partial charge is 0.497 e. The molecule has 0 bridgehead atoms. The van der Waals surface area contributed by atoms with Crippen molar-refractivity contribution in [2.75, 3.05) is 32.6 Å². The molecule has 1 rings (SSSR count). The molecule has 120 valence electrons. The molecule has 3 amide bonds. The van der Waals surface area contributed by atoms with Crippen LogP contribution >= 0.6 is 0 Å². The number of methoxy groups -OCH3 is 2. The predicted octanol–water partition coefficient (Wildman–Crippen LogP) is -0.0239. The SMILES string of the molecule is COc1ccc(OC)c(NC(=O)C(=O)N(C=O)CCCN)c1. The van der Waals surface area contributed by atoms with E-state index < -0.39 is 11.8 Å². The highest BCUT2D eigenvalue weighted by molar-refractivity contribution is 6.41. The number of amides is 3. The molecule has 0 radical (unpaired) electrons. The van der Waals surface area contributed by atoms with Gasteiger partial charge in [0.25, 0.3) is 0 Å². The topological polar surface area (TPSA) is 111 Å². The molecule has 0 fully saturated rings. The van der Waals surface area contributed by atoms with Gasteiger partial charge in [0.15, 0.2) is 0 Å². The van der Waals surface area contributed by atoms with Crippen molar-refractivity contribution in [1.82, 2.24) is 4.90 Å². The first kappa shape index (κ1) is 17.4. The molecule has 8 heteroatoms. The zero-order chi connectivity index (χ0) is 16.5. The molecule has 0 aliphatic heterocycles. The van der Waals surface area contributed by atoms with Crippen molar-refractivity contribution in [3.05, 3.63) is 18.2 Å². The summed E-state index contributed by atoms with van der Waals surface area (Å²) >= 11 is 0. The number of imide groups is 1. The van der Waals surface area contributed by atoms with Gasteiger partial charge in [-0.05, 0) is 25.1 Å². The Bertz CT molecular complexity index is 547. The number of nitrogens with two attached hydrogens (primary N) is 1. The van der Waals surface area contributed by atoms with Crippen LogP contribution in [0.3, 0.4) is 0 Å². The Morgan fingerprint density at radius 1 is 1.32 bits per heavy atom. The van der Waals surface area contributed by atoms with Crippen LogP contribution < -0.4 is 20.5 Å². The summed E-state index contributed by atoms with van der Waals surface area (Å²) in [6.45, 7) is 0.393. The zero-order valence-electron chi connectivity index (χ0n) is 12.5. The predicted molar refractivity (Wildman–Crippen MR) is 79.6 cm³/mol. The van der Waals surface area contributed by atoms with Crippen molar-refractivity contribution in [1.29, 1.82) is 0 Å². The summed E-state index contributed by atoms with van der Waals surface area (Å²) in [4.78, 5) is 35.5. The van der Waals surface area contributed by atoms with Gasteiger partial charge in [0.2, 0.25) is 6.41 Å². The van der Waals surface area contributed by atoms with Crippen LogP contribution in [-0.2, 0) is 14.4 Å². The lowest BCUT2D eigenvalue weighted by Gasteiger charge is -2.15. The number of ether oxygens (including phenoxy) is 2. The molecule has 0 aromatic heterocycles. The van der Waals surface area contributed by atoms with Gasteiger partial charge in [0.1, 0.15) is 11.5 Å². The van der Waals surface area contributed by atoms with Gasteiger partial charge in [-0.1, -0.05) is 0 Å². The molecule has 0 unspecified atom stereocenters. The molecular weight excluding hydrogens is 290 g/mol. The third-order valence-corrected chi connectivity index (χ3v) is 2.84. The fourth-order valence-electron chi connectivity index (χ4n) is 1.68. The van der Waals surface area contributed by atoms with Crippen LogP contribution in [0.1, 0.15) is 6.42 Å². The third-order valence-electron chi connectivity index (χ3n) is 2.84. The summed E-state index contributed by atoms with van der Waals surface area (Å²) in [7, 11) is 2.90. The van der Waals surface area contributed by atoms with Crippen LogP contribution in [0.25, 0.3) is 0 Å². The van der Waals surface area contributed by atoms with E-state index in [1.54, 1.807) is 12.1 Å². The van der Waals surface area contributed by atoms with E-state index in [9.17, 15) is 14.4 Å². The summed E-state index contributed by atoms with van der Waals surface area (Å²) in [5.41, 5.74) is 5.58. The van der Waals surface area contributed by atoms with E-state index in [2.05, 4.69) is 5.32 Å². The Labute approximate surface area is 128 Å². The summed E-state index contributed by atoms with van der Waals surface area (Å²) < 4.78 is 10.1. The number of nitrogens with zero attached hydrogens (tertiary/aromatic N) is 1. The first-order chi connectivity index (χ1) is 10.6. The van der Waals surface area contributed by atoms with Gasteiger partial charge in [-0.3, -0.25) is 19.3 Å². The fraction of sp³-hybridized carbons (Fsp3) is 0.357. The lowest BCUT2D eigenvalue weighted by atomic mass is 10.2. The monoisotopic (exact) mass is 309 g/mol. The molecule has 0 saturated carbocycles. The maximum Gasteiger partial charge on any atom is 0.318 e. The highest BCUT2D eigenvalue weighted by Crippen LogP contribution is 2.28. The second kappa shape index (κ2) is 8.63. The molecule has 0 atom stereocenters. The molecule has 0 saturated heterocycles. The highest BCUT2D eigenvalue weighted by atomic mass is 16.5. The van der Waals surface area contributed by atoms with E-state index in [1.165, 1.54) is 20.3 Å². The molecule has 8 nitrogen and oxygen atoms in total. The van der Waals surface area contributed by atoms with Crippen LogP contribution in [0.2, 0.25) is 0 Å². The van der Waals surface area contributed by atoms with Crippen molar-refractivity contribution < 1.29 is 23.9 Å². The van der Waals surface area contributed by atoms with Gasteiger partial charge in [-0.15, -0.1) is 0 Å². The average Bonchev–Trinajstić information content (AvgIpc) is 2.55. The first-order valence-electron chi connectivity index (χ1n) is 6.56. The van der Waals surface area contributed by atoms with E-state index in [-0.39, 0.29) is 12.2 Å². The number of carbonyl (C=O) groups excluding carboxylic acids is 3. The Morgan fingerprint density at radius 2 is 2.05 bits per heavy atom. The second-order valence-corrected chi connectivity index (χ2v) is 4.27. The van der Waals surface area contributed by atoms with E-state index in [0.29, 0.717) is 30.9 Å². The van der Waals surface area contributed by atoms with E-state index in [4.69, 9.17) is 15.2 Å². The van der Waals surface area contributed by atoms with Crippen molar-refractivity contribution in [3.63, 3.8) is 0 Å². The number of benzene rings is 1. The maximum atomic E-state index is 12.0. The lowest BCUT2D eigenvalue weighted by molar-refractivity contribution is -0.146. The van der Waals surface area contributed by atoms with Crippen LogP contribution in [0.5, 0.6) is 11.5 Å². The van der Waals surface area contributed by atoms with Gasteiger partial charge in [0, 0.05) is 12.6 Å². The van der Waals surface area contributed by atoms with Gasteiger partial charge in [0.05, 0.1) is 19.9 Å². The number of rotatable bonds is 7. The minimum Gasteiger partial charge on any atom is -0.497 e. The molecule has 0 aliphatic carbocycles. The van der Waals surface area contributed by atoms with Crippen molar-refractivity contribution in [3.8, 4) is 11.5 Å². The molecule has 3 N–H and O–H groups in total. The van der Waals surface area contributed by atoms with Crippen molar-refractivity contribution >= 4 is 23.9 Å². The van der Waals surface area contributed by atoms with Gasteiger partial charge < -0.3 is 20.5 Å². The standard InChI is InChI=1S/C14H19N3O5/c1-21-10-4-5-12(22-2)11(8-10)16-13(19)14(20)17(9-18)7-3-6-15/h4-5,8-9H,3,6-7,15H2,1-2H3,(H,16,19). The molecule has 0 aliphatic rings. The summed E-state index contributed by atoms with van der Waals surface area (Å²) in [6, 6.07) is 4.75. The Hall–Kier alpha value is -2.61. The van der Waals surface area contributed by atoms with Crippen molar-refractivity contribution in [2.45, 2.75) is 6.42 Å². The summed E-state index contributed by atoms with van der Waals surface area (Å²) in [5.74, 6) is -1.07. The van der Waals surface area contributed by atoms with E-state index in [0.717, 1.165) is 4.90 Å². The highest BCUT2D eigenvalue weighted by Gasteiger charge is 2.22. The van der Waals surface area contributed by atoms with Gasteiger partial charge >= 0.3 is 11.8 Å². The molecule has 22 heavy (non-hydrogen) atoms. The summed E-state index contributed by atoms with van der Waals surface area (Å²) in [5, 5.41) is 2.40. The molecule has 1 aromatic carbocycles. The van der Waals surface area contributed by atoms with Crippen LogP contribution in [0, 0.1) is 0 Å². The molecular formula is C14H19N3O5. The number of hydrogen-bond acceptors (Lipinski definition) is 6. The quantitative estimate of drug-likeness (QED) is 0.541. The normalized spacial score (nSPS) is 9.77. The molecule has 0 spiro atoms. The third kappa shape index (κ3) is 4.45. The number of anilines is 1. The number of nitrogens with one attached hydrogen (secondary N) is 1. The average molecular weight is 309 g/mol. The molecule has 1 aromatic rings. The molecule has 0 heterocycles. The Morgan fingerprint density at radius 3 is 2.59 bits per heavy atom. The van der Waals surface area contributed by atoms with E-state index >= 15 is 0 Å². The van der Waals surface area contributed by atoms with Crippen molar-refractivity contribution in [2.24, 2.45) is 5.73 Å². The van der Waals surface area contributed by atoms with Crippen LogP contribution in [0.4, 0.5) is 5.69 Å². The van der Waals surface area contributed by atoms with Gasteiger partial charge in [-0.25, -0.2) is 0 Å². The van der Waals surface area contributed by atoms with Crippen LogP contribution in [-0.4, -0.2) is 50.4 Å². The minimum atomic E-state index is -0.965. The Kier molecular flexibility index (Phi) is 6.84. The number of carbonyl (C=O) groups is 3.